The molecule has 44 heavy (non-hydrogen) atoms. The van der Waals surface area contributed by atoms with E-state index in [2.05, 4.69) is 107 Å². The molecule has 2 aliphatic heterocycles. The molecule has 4 unspecified atom stereocenters. The van der Waals surface area contributed by atoms with Crippen molar-refractivity contribution in [3.8, 4) is 0 Å². The summed E-state index contributed by atoms with van der Waals surface area (Å²) >= 11 is 0. The molecule has 2 aliphatic rings. The summed E-state index contributed by atoms with van der Waals surface area (Å²) in [5, 5.41) is 0. The second-order valence-corrected chi connectivity index (χ2v) is 51.6. The molecule has 2 fully saturated rings. The fourth-order valence-electron chi connectivity index (χ4n) is 7.41. The largest absolute Gasteiger partial charge is 0.460 e. The van der Waals surface area contributed by atoms with Gasteiger partial charge in [0.15, 0.2) is 16.6 Å². The Morgan fingerprint density at radius 2 is 0.977 bits per heavy atom. The van der Waals surface area contributed by atoms with Crippen LogP contribution < -0.4 is 0 Å². The first kappa shape index (κ1) is 40.0. The van der Waals surface area contributed by atoms with Gasteiger partial charge in [0.1, 0.15) is 11.5 Å². The molecule has 0 aromatic rings. The molecule has 2 saturated heterocycles. The quantitative estimate of drug-likeness (QED) is 0.115. The molecule has 2 heterocycles. The maximum Gasteiger partial charge on any atom is 0.331 e. The van der Waals surface area contributed by atoms with Gasteiger partial charge in [0.25, 0.3) is 0 Å². The standard InChI is InChI=1S/C30H64O8Si6/c1-17-27(43(37-39(7,8)9)23-21-29(3,4)35-41(43,13)14)33-25(31)19-20-26(32)34-28(18-2)44(38-40(10,11)12)24-22-30(5,6)36-42(44,15)16/h19-20,27-28H,17-18,21-24H2,1-16H3. The number of rotatable bonds is 12. The van der Waals surface area contributed by atoms with Gasteiger partial charge in [-0.2, -0.15) is 0 Å². The Bertz CT molecular complexity index is 983. The van der Waals surface area contributed by atoms with E-state index in [1.807, 2.05) is 0 Å². The SMILES string of the molecule is CCC(OC(=O)C=CC(=O)OC(CC)[Si]1(O[Si](C)(C)C)CCC(C)(C)O[Si]1(C)C)[Si]1(O[Si](C)(C)C)CCC(C)(C)O[Si]1(C)C. The van der Waals surface area contributed by atoms with Crippen molar-refractivity contribution in [1.29, 1.82) is 0 Å². The van der Waals surface area contributed by atoms with Crippen molar-refractivity contribution in [1.82, 2.24) is 0 Å². The van der Waals surface area contributed by atoms with Crippen molar-refractivity contribution in [3.63, 3.8) is 0 Å². The van der Waals surface area contributed by atoms with Crippen LogP contribution in [-0.2, 0) is 36.1 Å². The molecule has 0 aliphatic carbocycles. The van der Waals surface area contributed by atoms with Gasteiger partial charge in [-0.25, -0.2) is 9.59 Å². The highest BCUT2D eigenvalue weighted by Crippen LogP contribution is 2.45. The van der Waals surface area contributed by atoms with Crippen molar-refractivity contribution >= 4 is 59.9 Å². The molecule has 0 amide bonds. The lowest BCUT2D eigenvalue weighted by Crippen LogP contribution is -2.76. The van der Waals surface area contributed by atoms with Crippen LogP contribution in [0.25, 0.3) is 0 Å². The van der Waals surface area contributed by atoms with Crippen LogP contribution in [0.2, 0.25) is 77.6 Å². The molecule has 14 heteroatoms. The van der Waals surface area contributed by atoms with Crippen LogP contribution in [0.4, 0.5) is 0 Å². The summed E-state index contributed by atoms with van der Waals surface area (Å²) in [6, 6.07) is 1.81. The lowest BCUT2D eigenvalue weighted by Gasteiger charge is -2.55. The van der Waals surface area contributed by atoms with Gasteiger partial charge in [0, 0.05) is 12.2 Å². The fraction of sp³-hybridized carbons (Fsp3) is 0.867. The molecule has 4 atom stereocenters. The molecule has 0 bridgehead atoms. The highest BCUT2D eigenvalue weighted by molar-refractivity contribution is 7.39. The van der Waals surface area contributed by atoms with Gasteiger partial charge in [0.2, 0.25) is 31.3 Å². The van der Waals surface area contributed by atoms with E-state index in [1.165, 1.54) is 12.2 Å². The number of ether oxygens (including phenoxy) is 2. The number of hydrogen-bond acceptors (Lipinski definition) is 8. The van der Waals surface area contributed by atoms with Crippen LogP contribution in [0.5, 0.6) is 0 Å². The van der Waals surface area contributed by atoms with Gasteiger partial charge in [-0.3, -0.25) is 0 Å². The Hall–Kier alpha value is -0.179. The molecule has 0 aromatic carbocycles. The molecule has 0 saturated carbocycles. The molecule has 0 radical (unpaired) electrons. The maximum absolute atomic E-state index is 13.3. The second kappa shape index (κ2) is 13.7. The zero-order valence-electron chi connectivity index (χ0n) is 30.8. The Morgan fingerprint density at radius 3 is 1.20 bits per heavy atom. The lowest BCUT2D eigenvalue weighted by atomic mass is 10.1. The fourth-order valence-corrected chi connectivity index (χ4v) is 53.8. The number of carbonyl (C=O) groups excluding carboxylic acids is 2. The van der Waals surface area contributed by atoms with E-state index in [9.17, 15) is 9.59 Å². The minimum Gasteiger partial charge on any atom is -0.460 e. The minimum absolute atomic E-state index is 0.215. The Labute approximate surface area is 274 Å². The van der Waals surface area contributed by atoms with E-state index >= 15 is 0 Å². The molecule has 0 N–H and O–H groups in total. The van der Waals surface area contributed by atoms with Crippen LogP contribution in [0, 0.1) is 0 Å². The Morgan fingerprint density at radius 1 is 0.682 bits per heavy atom. The molecule has 2 rings (SSSR count). The average Bonchev–Trinajstić information content (AvgIpc) is 2.80. The highest BCUT2D eigenvalue weighted by atomic mass is 29.3. The van der Waals surface area contributed by atoms with Crippen LogP contribution in [0.15, 0.2) is 12.2 Å². The van der Waals surface area contributed by atoms with Crippen molar-refractivity contribution in [2.24, 2.45) is 0 Å². The zero-order valence-corrected chi connectivity index (χ0v) is 36.8. The molecule has 8 nitrogen and oxygen atoms in total. The van der Waals surface area contributed by atoms with E-state index in [0.29, 0.717) is 12.8 Å². The topological polar surface area (TPSA) is 89.5 Å². The third-order valence-electron chi connectivity index (χ3n) is 8.93. The predicted molar refractivity (Wildman–Crippen MR) is 194 cm³/mol. The van der Waals surface area contributed by atoms with Gasteiger partial charge in [0.05, 0.1) is 11.2 Å². The molecular weight excluding hydrogens is 657 g/mol. The number of hydrogen-bond donors (Lipinski definition) is 0. The predicted octanol–water partition coefficient (Wildman–Crippen LogP) is 7.82. The van der Waals surface area contributed by atoms with Gasteiger partial charge in [-0.05, 0) is 131 Å². The van der Waals surface area contributed by atoms with Crippen molar-refractivity contribution < 1.29 is 36.1 Å². The van der Waals surface area contributed by atoms with E-state index < -0.39 is 59.9 Å². The summed E-state index contributed by atoms with van der Waals surface area (Å²) in [5.74, 6) is -1.07. The first-order valence-electron chi connectivity index (χ1n) is 16.6. The summed E-state index contributed by atoms with van der Waals surface area (Å²) < 4.78 is 40.1. The van der Waals surface area contributed by atoms with E-state index in [1.54, 1.807) is 0 Å². The number of carbonyl (C=O) groups is 2. The van der Waals surface area contributed by atoms with Gasteiger partial charge >= 0.3 is 11.9 Å². The van der Waals surface area contributed by atoms with Gasteiger partial charge < -0.3 is 26.6 Å². The van der Waals surface area contributed by atoms with Crippen LogP contribution >= 0.6 is 0 Å². The van der Waals surface area contributed by atoms with Crippen molar-refractivity contribution in [2.75, 3.05) is 0 Å². The molecular formula is C30H64O8Si6. The number of esters is 2. The normalized spacial score (nSPS) is 29.5. The molecule has 256 valence electrons. The summed E-state index contributed by atoms with van der Waals surface area (Å²) in [5.41, 5.74) is -1.13. The summed E-state index contributed by atoms with van der Waals surface area (Å²) in [6.45, 7) is 34.8. The third kappa shape index (κ3) is 9.69. The Kier molecular flexibility index (Phi) is 12.5. The van der Waals surface area contributed by atoms with Crippen LogP contribution in [0.3, 0.4) is 0 Å². The average molecular weight is 721 g/mol. The molecule has 0 aromatic heterocycles. The molecule has 0 spiro atoms. The Balaban J connectivity index is 2.30. The van der Waals surface area contributed by atoms with E-state index in [0.717, 1.165) is 24.9 Å². The first-order valence-corrected chi connectivity index (χ1v) is 35.6. The van der Waals surface area contributed by atoms with Gasteiger partial charge in [-0.1, -0.05) is 13.8 Å². The minimum atomic E-state index is -2.63. The lowest BCUT2D eigenvalue weighted by molar-refractivity contribution is -0.143. The summed E-state index contributed by atoms with van der Waals surface area (Å²) in [4.78, 5) is 26.6. The van der Waals surface area contributed by atoms with Crippen LogP contribution in [0.1, 0.15) is 67.2 Å². The zero-order chi connectivity index (χ0) is 34.2. The van der Waals surface area contributed by atoms with Crippen molar-refractivity contribution in [2.45, 2.75) is 167 Å². The highest BCUT2D eigenvalue weighted by Gasteiger charge is 2.65. The van der Waals surface area contributed by atoms with Crippen LogP contribution in [-0.4, -0.2) is 82.6 Å². The summed E-state index contributed by atoms with van der Waals surface area (Å²) in [6.07, 6.45) is 5.51. The monoisotopic (exact) mass is 720 g/mol. The van der Waals surface area contributed by atoms with Crippen molar-refractivity contribution in [3.05, 3.63) is 12.2 Å². The smallest absolute Gasteiger partial charge is 0.331 e. The van der Waals surface area contributed by atoms with E-state index in [4.69, 9.17) is 26.6 Å². The third-order valence-corrected chi connectivity index (χ3v) is 46.2. The summed E-state index contributed by atoms with van der Waals surface area (Å²) in [7, 11) is -14.0. The van der Waals surface area contributed by atoms with E-state index in [-0.39, 0.29) is 22.7 Å². The van der Waals surface area contributed by atoms with Gasteiger partial charge in [-0.15, -0.1) is 0 Å². The first-order chi connectivity index (χ1) is 19.7. The maximum atomic E-state index is 13.3. The second-order valence-electron chi connectivity index (χ2n) is 17.0.